The molecule has 0 bridgehead atoms. The molecule has 0 aliphatic carbocycles. The van der Waals surface area contributed by atoms with Gasteiger partial charge < -0.3 is 10.1 Å². The number of anilines is 1. The second-order valence-electron chi connectivity index (χ2n) is 7.78. The summed E-state index contributed by atoms with van der Waals surface area (Å²) in [6, 6.07) is 13.8. The standard InChI is InChI=1S/C23H20F3N5O3/c1-14(2)20-18-12-27-31(16-6-4-3-5-7-16)21(18)22(33)30(29-20)13-19(32)28-15-8-10-17(11-9-15)34-23(24,25)26/h3-12,14H,13H2,1-2H3,(H,28,32). The fourth-order valence-corrected chi connectivity index (χ4v) is 3.47. The van der Waals surface area contributed by atoms with Gasteiger partial charge in [-0.3, -0.25) is 9.59 Å². The molecule has 0 fully saturated rings. The van der Waals surface area contributed by atoms with E-state index in [4.69, 9.17) is 0 Å². The molecule has 0 aliphatic rings. The zero-order valence-corrected chi connectivity index (χ0v) is 18.2. The van der Waals surface area contributed by atoms with Crippen molar-refractivity contribution in [1.82, 2.24) is 19.6 Å². The molecule has 0 aliphatic heterocycles. The molecular weight excluding hydrogens is 451 g/mol. The predicted molar refractivity (Wildman–Crippen MR) is 119 cm³/mol. The lowest BCUT2D eigenvalue weighted by molar-refractivity contribution is -0.274. The zero-order chi connectivity index (χ0) is 24.5. The summed E-state index contributed by atoms with van der Waals surface area (Å²) in [6.45, 7) is 3.44. The molecule has 2 heterocycles. The molecule has 1 N–H and O–H groups in total. The van der Waals surface area contributed by atoms with Crippen molar-refractivity contribution in [2.75, 3.05) is 5.32 Å². The second kappa shape index (κ2) is 9.00. The Morgan fingerprint density at radius 1 is 1.09 bits per heavy atom. The summed E-state index contributed by atoms with van der Waals surface area (Å²) in [6.07, 6.45) is -3.22. The van der Waals surface area contributed by atoms with E-state index in [1.54, 1.807) is 6.20 Å². The van der Waals surface area contributed by atoms with E-state index in [1.165, 1.54) is 16.8 Å². The van der Waals surface area contributed by atoms with Crippen molar-refractivity contribution >= 4 is 22.5 Å². The number of carbonyl (C=O) groups is 1. The van der Waals surface area contributed by atoms with Crippen LogP contribution in [0, 0.1) is 0 Å². The number of nitrogens with one attached hydrogen (secondary N) is 1. The first-order valence-electron chi connectivity index (χ1n) is 10.3. The normalized spacial score (nSPS) is 11.7. The number of para-hydroxylation sites is 1. The third-order valence-corrected chi connectivity index (χ3v) is 4.92. The van der Waals surface area contributed by atoms with E-state index in [1.807, 2.05) is 44.2 Å². The maximum absolute atomic E-state index is 13.3. The summed E-state index contributed by atoms with van der Waals surface area (Å²) < 4.78 is 43.3. The van der Waals surface area contributed by atoms with Gasteiger partial charge in [-0.1, -0.05) is 32.0 Å². The van der Waals surface area contributed by atoms with Crippen LogP contribution < -0.4 is 15.6 Å². The first kappa shape index (κ1) is 23.0. The van der Waals surface area contributed by atoms with Crippen molar-refractivity contribution in [3.8, 4) is 11.4 Å². The first-order valence-corrected chi connectivity index (χ1v) is 10.3. The summed E-state index contributed by atoms with van der Waals surface area (Å²) in [5.74, 6) is -1.03. The lowest BCUT2D eigenvalue weighted by atomic mass is 10.1. The average Bonchev–Trinajstić information content (AvgIpc) is 3.22. The minimum absolute atomic E-state index is 0.0491. The smallest absolute Gasteiger partial charge is 0.406 e. The Balaban J connectivity index is 1.63. The quantitative estimate of drug-likeness (QED) is 0.454. The van der Waals surface area contributed by atoms with Gasteiger partial charge in [-0.25, -0.2) is 9.36 Å². The van der Waals surface area contributed by atoms with E-state index < -0.39 is 30.1 Å². The molecule has 1 amide bonds. The average molecular weight is 471 g/mol. The number of alkyl halides is 3. The molecule has 0 saturated carbocycles. The fourth-order valence-electron chi connectivity index (χ4n) is 3.47. The Hall–Kier alpha value is -4.15. The van der Waals surface area contributed by atoms with E-state index >= 15 is 0 Å². The molecule has 176 valence electrons. The highest BCUT2D eigenvalue weighted by molar-refractivity contribution is 5.91. The Kier molecular flexibility index (Phi) is 6.10. The van der Waals surface area contributed by atoms with Crippen molar-refractivity contribution in [2.45, 2.75) is 32.7 Å². The number of hydrogen-bond donors (Lipinski definition) is 1. The number of benzene rings is 2. The first-order chi connectivity index (χ1) is 16.1. The molecule has 0 unspecified atom stereocenters. The summed E-state index contributed by atoms with van der Waals surface area (Å²) in [5.41, 5.74) is 1.34. The predicted octanol–water partition coefficient (Wildman–Crippen LogP) is 4.24. The van der Waals surface area contributed by atoms with E-state index in [9.17, 15) is 22.8 Å². The molecule has 0 radical (unpaired) electrons. The molecule has 0 spiro atoms. The lowest BCUT2D eigenvalue weighted by Gasteiger charge is -2.13. The molecule has 11 heteroatoms. The Morgan fingerprint density at radius 2 is 1.76 bits per heavy atom. The Morgan fingerprint density at radius 3 is 2.38 bits per heavy atom. The molecule has 4 rings (SSSR count). The van der Waals surface area contributed by atoms with Crippen LogP contribution in [-0.2, 0) is 11.3 Å². The number of ether oxygens (including phenoxy) is 1. The van der Waals surface area contributed by atoms with E-state index in [0.717, 1.165) is 16.8 Å². The lowest BCUT2D eigenvalue weighted by Crippen LogP contribution is -2.31. The van der Waals surface area contributed by atoms with E-state index in [0.29, 0.717) is 22.3 Å². The maximum Gasteiger partial charge on any atom is 0.573 e. The van der Waals surface area contributed by atoms with Crippen LogP contribution in [0.15, 0.2) is 65.6 Å². The monoisotopic (exact) mass is 471 g/mol. The highest BCUT2D eigenvalue weighted by Crippen LogP contribution is 2.25. The van der Waals surface area contributed by atoms with Gasteiger partial charge in [0.25, 0.3) is 5.56 Å². The molecule has 34 heavy (non-hydrogen) atoms. The van der Waals surface area contributed by atoms with Crippen LogP contribution in [0.2, 0.25) is 0 Å². The van der Waals surface area contributed by atoms with E-state index in [-0.39, 0.29) is 11.6 Å². The van der Waals surface area contributed by atoms with Gasteiger partial charge in [0.1, 0.15) is 17.8 Å². The Bertz CT molecular complexity index is 1380. The van der Waals surface area contributed by atoms with Gasteiger partial charge >= 0.3 is 6.36 Å². The van der Waals surface area contributed by atoms with Crippen molar-refractivity contribution < 1.29 is 22.7 Å². The molecule has 2 aromatic heterocycles. The van der Waals surface area contributed by atoms with Gasteiger partial charge in [0, 0.05) is 11.1 Å². The number of nitrogens with zero attached hydrogens (tertiary/aromatic N) is 4. The summed E-state index contributed by atoms with van der Waals surface area (Å²) in [4.78, 5) is 25.9. The number of halogens is 3. The molecule has 0 atom stereocenters. The molecule has 4 aromatic rings. The summed E-state index contributed by atoms with van der Waals surface area (Å²) in [5, 5.41) is 11.9. The number of fused-ring (bicyclic) bond motifs is 1. The van der Waals surface area contributed by atoms with Gasteiger partial charge in [0.2, 0.25) is 5.91 Å². The number of carbonyl (C=O) groups excluding carboxylic acids is 1. The third kappa shape index (κ3) is 4.92. The SMILES string of the molecule is CC(C)c1nn(CC(=O)Nc2ccc(OC(F)(F)F)cc2)c(=O)c2c1cnn2-c1ccccc1. The second-order valence-corrected chi connectivity index (χ2v) is 7.78. The summed E-state index contributed by atoms with van der Waals surface area (Å²) in [7, 11) is 0. The van der Waals surface area contributed by atoms with Gasteiger partial charge in [0.15, 0.2) is 0 Å². The van der Waals surface area contributed by atoms with Crippen LogP contribution in [0.4, 0.5) is 18.9 Å². The number of rotatable bonds is 6. The van der Waals surface area contributed by atoms with Crippen LogP contribution in [0.1, 0.15) is 25.5 Å². The minimum atomic E-state index is -4.81. The van der Waals surface area contributed by atoms with Crippen LogP contribution >= 0.6 is 0 Å². The molecule has 8 nitrogen and oxygen atoms in total. The number of hydrogen-bond acceptors (Lipinski definition) is 5. The Labute approximate surface area is 191 Å². The topological polar surface area (TPSA) is 91.0 Å². The van der Waals surface area contributed by atoms with Gasteiger partial charge in [-0.15, -0.1) is 13.2 Å². The van der Waals surface area contributed by atoms with Gasteiger partial charge in [-0.2, -0.15) is 10.2 Å². The van der Waals surface area contributed by atoms with Crippen LogP contribution in [0.3, 0.4) is 0 Å². The zero-order valence-electron chi connectivity index (χ0n) is 18.2. The summed E-state index contributed by atoms with van der Waals surface area (Å²) >= 11 is 0. The van der Waals surface area contributed by atoms with Crippen molar-refractivity contribution in [1.29, 1.82) is 0 Å². The number of aromatic nitrogens is 4. The van der Waals surface area contributed by atoms with Gasteiger partial charge in [0.05, 0.1) is 17.6 Å². The van der Waals surface area contributed by atoms with Crippen LogP contribution in [0.25, 0.3) is 16.6 Å². The number of amides is 1. The third-order valence-electron chi connectivity index (χ3n) is 4.92. The largest absolute Gasteiger partial charge is 0.573 e. The highest BCUT2D eigenvalue weighted by Gasteiger charge is 2.31. The maximum atomic E-state index is 13.3. The minimum Gasteiger partial charge on any atom is -0.406 e. The molecular formula is C23H20F3N5O3. The van der Waals surface area contributed by atoms with Gasteiger partial charge in [-0.05, 0) is 42.3 Å². The fraction of sp³-hybridized carbons (Fsp3) is 0.217. The molecule has 0 saturated heterocycles. The highest BCUT2D eigenvalue weighted by atomic mass is 19.4. The molecule has 2 aromatic carbocycles. The van der Waals surface area contributed by atoms with Crippen molar-refractivity contribution in [2.24, 2.45) is 0 Å². The van der Waals surface area contributed by atoms with Crippen molar-refractivity contribution in [3.63, 3.8) is 0 Å². The van der Waals surface area contributed by atoms with Crippen LogP contribution in [-0.4, -0.2) is 31.8 Å². The van der Waals surface area contributed by atoms with Crippen LogP contribution in [0.5, 0.6) is 5.75 Å². The van der Waals surface area contributed by atoms with Crippen molar-refractivity contribution in [3.05, 3.63) is 76.8 Å². The van der Waals surface area contributed by atoms with E-state index in [2.05, 4.69) is 20.3 Å².